The lowest BCUT2D eigenvalue weighted by Crippen LogP contribution is -2.34. The van der Waals surface area contributed by atoms with Crippen molar-refractivity contribution in [1.29, 1.82) is 0 Å². The van der Waals surface area contributed by atoms with Crippen molar-refractivity contribution in [2.75, 3.05) is 26.6 Å². The molecular formula is C24H27N3O3S. The summed E-state index contributed by atoms with van der Waals surface area (Å²) >= 11 is 5.80. The Bertz CT molecular complexity index is 1030. The van der Waals surface area contributed by atoms with E-state index in [4.69, 9.17) is 26.4 Å². The minimum Gasteiger partial charge on any atom is -0.497 e. The molecule has 0 aliphatic rings. The van der Waals surface area contributed by atoms with Crippen LogP contribution < -0.4 is 19.5 Å². The number of hydrogen-bond donors (Lipinski definition) is 1. The van der Waals surface area contributed by atoms with Crippen LogP contribution in [-0.4, -0.2) is 36.3 Å². The maximum absolute atomic E-state index is 5.80. The van der Waals surface area contributed by atoms with E-state index in [0.29, 0.717) is 18.2 Å². The maximum atomic E-state index is 5.80. The van der Waals surface area contributed by atoms with Crippen molar-refractivity contribution in [3.8, 4) is 17.2 Å². The van der Waals surface area contributed by atoms with E-state index in [1.54, 1.807) is 27.5 Å². The largest absolute Gasteiger partial charge is 0.497 e. The lowest BCUT2D eigenvalue weighted by molar-refractivity contribution is 0.372. The number of thiocarbonyl (C=S) groups is 1. The van der Waals surface area contributed by atoms with E-state index in [0.717, 1.165) is 39.6 Å². The number of methoxy groups -OCH3 is 3. The Morgan fingerprint density at radius 1 is 0.968 bits per heavy atom. The molecule has 0 unspecified atom stereocenters. The molecule has 31 heavy (non-hydrogen) atoms. The van der Waals surface area contributed by atoms with Gasteiger partial charge in [-0.05, 0) is 66.7 Å². The van der Waals surface area contributed by atoms with Gasteiger partial charge in [-0.15, -0.1) is 0 Å². The second-order valence-electron chi connectivity index (χ2n) is 7.03. The minimum absolute atomic E-state index is 0.523. The van der Waals surface area contributed by atoms with Crippen LogP contribution in [0.4, 0.5) is 5.69 Å². The van der Waals surface area contributed by atoms with Crippen molar-refractivity contribution in [2.24, 2.45) is 0 Å². The highest BCUT2D eigenvalue weighted by Gasteiger charge is 2.16. The van der Waals surface area contributed by atoms with Crippen LogP contribution in [0.3, 0.4) is 0 Å². The molecular weight excluding hydrogens is 410 g/mol. The number of pyridine rings is 1. The van der Waals surface area contributed by atoms with Crippen LogP contribution in [0.25, 0.3) is 0 Å². The zero-order valence-electron chi connectivity index (χ0n) is 18.2. The SMILES string of the molecule is COc1ccc(OC)c(CN(Cc2cccnc2)C(=S)Nc2ccc(C)cc2OC)c1. The molecule has 162 valence electrons. The van der Waals surface area contributed by atoms with Gasteiger partial charge in [0.15, 0.2) is 5.11 Å². The molecule has 7 heteroatoms. The van der Waals surface area contributed by atoms with Crippen molar-refractivity contribution in [3.63, 3.8) is 0 Å². The van der Waals surface area contributed by atoms with E-state index >= 15 is 0 Å². The first-order chi connectivity index (χ1) is 15.0. The maximum Gasteiger partial charge on any atom is 0.174 e. The molecule has 6 nitrogen and oxygen atoms in total. The van der Waals surface area contributed by atoms with Crippen LogP contribution in [0, 0.1) is 6.92 Å². The third kappa shape index (κ3) is 5.86. The third-order valence-electron chi connectivity index (χ3n) is 4.83. The number of rotatable bonds is 8. The number of benzene rings is 2. The average Bonchev–Trinajstić information content (AvgIpc) is 2.80. The number of ether oxygens (including phenoxy) is 3. The number of aryl methyl sites for hydroxylation is 1. The summed E-state index contributed by atoms with van der Waals surface area (Å²) in [4.78, 5) is 6.29. The smallest absolute Gasteiger partial charge is 0.174 e. The summed E-state index contributed by atoms with van der Waals surface area (Å²) < 4.78 is 16.5. The van der Waals surface area contributed by atoms with Gasteiger partial charge in [-0.3, -0.25) is 4.98 Å². The quantitative estimate of drug-likeness (QED) is 0.507. The monoisotopic (exact) mass is 437 g/mol. The average molecular weight is 438 g/mol. The van der Waals surface area contributed by atoms with Gasteiger partial charge in [-0.25, -0.2) is 0 Å². The minimum atomic E-state index is 0.523. The summed E-state index contributed by atoms with van der Waals surface area (Å²) in [5.74, 6) is 2.27. The first-order valence-corrected chi connectivity index (χ1v) is 10.2. The fourth-order valence-electron chi connectivity index (χ4n) is 3.22. The number of anilines is 1. The van der Waals surface area contributed by atoms with E-state index in [9.17, 15) is 0 Å². The van der Waals surface area contributed by atoms with Crippen molar-refractivity contribution in [1.82, 2.24) is 9.88 Å². The molecule has 0 fully saturated rings. The molecule has 3 aromatic rings. The molecule has 0 saturated carbocycles. The van der Waals surface area contributed by atoms with Crippen LogP contribution in [0.1, 0.15) is 16.7 Å². The summed E-state index contributed by atoms with van der Waals surface area (Å²) in [5, 5.41) is 3.90. The summed E-state index contributed by atoms with van der Waals surface area (Å²) in [5.41, 5.74) is 3.93. The predicted octanol–water partition coefficient (Wildman–Crippen LogP) is 4.82. The summed E-state index contributed by atoms with van der Waals surface area (Å²) in [6, 6.07) is 15.6. The van der Waals surface area contributed by atoms with Crippen LogP contribution in [-0.2, 0) is 13.1 Å². The highest BCUT2D eigenvalue weighted by Crippen LogP contribution is 2.28. The first-order valence-electron chi connectivity index (χ1n) is 9.84. The van der Waals surface area contributed by atoms with Crippen molar-refractivity contribution >= 4 is 23.0 Å². The highest BCUT2D eigenvalue weighted by atomic mass is 32.1. The molecule has 0 atom stereocenters. The number of nitrogens with one attached hydrogen (secondary N) is 1. The van der Waals surface area contributed by atoms with E-state index in [1.807, 2.05) is 61.7 Å². The molecule has 2 aromatic carbocycles. The Morgan fingerprint density at radius 2 is 1.77 bits per heavy atom. The first kappa shape index (κ1) is 22.4. The van der Waals surface area contributed by atoms with Gasteiger partial charge in [0.05, 0.1) is 27.0 Å². The number of nitrogens with zero attached hydrogens (tertiary/aromatic N) is 2. The summed E-state index contributed by atoms with van der Waals surface area (Å²) in [7, 11) is 4.96. The molecule has 3 rings (SSSR count). The molecule has 1 aromatic heterocycles. The molecule has 1 heterocycles. The topological polar surface area (TPSA) is 55.9 Å². The second-order valence-corrected chi connectivity index (χ2v) is 7.42. The van der Waals surface area contributed by atoms with Gasteiger partial charge in [-0.1, -0.05) is 12.1 Å². The Hall–Kier alpha value is -3.32. The predicted molar refractivity (Wildman–Crippen MR) is 127 cm³/mol. The molecule has 0 radical (unpaired) electrons. The van der Waals surface area contributed by atoms with Gasteiger partial charge in [0.1, 0.15) is 17.2 Å². The summed E-state index contributed by atoms with van der Waals surface area (Å²) in [6.07, 6.45) is 3.59. The van der Waals surface area contributed by atoms with Gasteiger partial charge in [0, 0.05) is 31.0 Å². The Labute approximate surface area is 188 Å². The molecule has 0 amide bonds. The molecule has 0 aliphatic carbocycles. The van der Waals surface area contributed by atoms with Crippen molar-refractivity contribution in [3.05, 3.63) is 77.6 Å². The molecule has 0 spiro atoms. The fourth-order valence-corrected chi connectivity index (χ4v) is 3.46. The Morgan fingerprint density at radius 3 is 2.45 bits per heavy atom. The zero-order chi connectivity index (χ0) is 22.2. The fraction of sp³-hybridized carbons (Fsp3) is 0.250. The second kappa shape index (κ2) is 10.6. The number of aromatic nitrogens is 1. The van der Waals surface area contributed by atoms with E-state index < -0.39 is 0 Å². The van der Waals surface area contributed by atoms with Crippen molar-refractivity contribution < 1.29 is 14.2 Å². The lowest BCUT2D eigenvalue weighted by Gasteiger charge is -2.27. The molecule has 0 aliphatic heterocycles. The molecule has 1 N–H and O–H groups in total. The van der Waals surface area contributed by atoms with Crippen molar-refractivity contribution in [2.45, 2.75) is 20.0 Å². The Kier molecular flexibility index (Phi) is 7.67. The number of hydrogen-bond acceptors (Lipinski definition) is 5. The van der Waals surface area contributed by atoms with Gasteiger partial charge in [0.2, 0.25) is 0 Å². The molecule has 0 bridgehead atoms. The van der Waals surface area contributed by atoms with Gasteiger partial charge >= 0.3 is 0 Å². The lowest BCUT2D eigenvalue weighted by atomic mass is 10.1. The van der Waals surface area contributed by atoms with Crippen LogP contribution in [0.5, 0.6) is 17.2 Å². The van der Waals surface area contributed by atoms with Gasteiger partial charge < -0.3 is 24.4 Å². The van der Waals surface area contributed by atoms with Crippen LogP contribution in [0.15, 0.2) is 60.9 Å². The highest BCUT2D eigenvalue weighted by molar-refractivity contribution is 7.80. The van der Waals surface area contributed by atoms with Gasteiger partial charge in [-0.2, -0.15) is 0 Å². The van der Waals surface area contributed by atoms with Crippen LogP contribution in [0.2, 0.25) is 0 Å². The molecule has 0 saturated heterocycles. The summed E-state index contributed by atoms with van der Waals surface area (Å²) in [6.45, 7) is 3.12. The Balaban J connectivity index is 1.90. The van der Waals surface area contributed by atoms with E-state index in [-0.39, 0.29) is 0 Å². The zero-order valence-corrected chi connectivity index (χ0v) is 19.0. The van der Waals surface area contributed by atoms with Crippen LogP contribution >= 0.6 is 12.2 Å². The normalized spacial score (nSPS) is 10.3. The van der Waals surface area contributed by atoms with E-state index in [2.05, 4.69) is 15.2 Å². The third-order valence-corrected chi connectivity index (χ3v) is 5.19. The van der Waals surface area contributed by atoms with E-state index in [1.165, 1.54) is 0 Å². The standard InChI is InChI=1S/C24H27N3O3S/c1-17-7-9-21(23(12-17)30-4)26-24(31)27(15-18-6-5-11-25-14-18)16-19-13-20(28-2)8-10-22(19)29-3/h5-14H,15-16H2,1-4H3,(H,26,31). The van der Waals surface area contributed by atoms with Gasteiger partial charge in [0.25, 0.3) is 0 Å².